The van der Waals surface area contributed by atoms with Gasteiger partial charge in [0.05, 0.1) is 6.61 Å². The van der Waals surface area contributed by atoms with Gasteiger partial charge < -0.3 is 24.4 Å². The second-order valence-electron chi connectivity index (χ2n) is 7.94. The zero-order valence-electron chi connectivity index (χ0n) is 17.3. The summed E-state index contributed by atoms with van der Waals surface area (Å²) in [6.45, 7) is 7.36. The Bertz CT molecular complexity index is 751. The van der Waals surface area contributed by atoms with E-state index in [4.69, 9.17) is 19.3 Å². The highest BCUT2D eigenvalue weighted by Crippen LogP contribution is 2.33. The fourth-order valence-electron chi connectivity index (χ4n) is 2.92. The molecule has 160 valence electrons. The number of nitrogens with zero attached hydrogens (tertiary/aromatic N) is 1. The Morgan fingerprint density at radius 1 is 1.24 bits per heavy atom. The number of carboxylic acid groups (broad SMARTS) is 1. The summed E-state index contributed by atoms with van der Waals surface area (Å²) in [4.78, 5) is 28.4. The summed E-state index contributed by atoms with van der Waals surface area (Å²) in [5, 5.41) is 18.6. The number of hydrogen-bond acceptors (Lipinski definition) is 7. The van der Waals surface area contributed by atoms with Crippen LogP contribution >= 0.6 is 0 Å². The number of carbonyl (C=O) groups excluding carboxylic acids is 1. The third kappa shape index (κ3) is 5.93. The van der Waals surface area contributed by atoms with E-state index in [1.165, 1.54) is 0 Å². The highest BCUT2D eigenvalue weighted by Gasteiger charge is 2.50. The predicted molar refractivity (Wildman–Crippen MR) is 106 cm³/mol. The molecule has 2 N–H and O–H groups in total. The largest absolute Gasteiger partial charge is 0.494 e. The van der Waals surface area contributed by atoms with Crippen molar-refractivity contribution < 1.29 is 34.0 Å². The molecule has 2 atom stereocenters. The maximum Gasteiger partial charge on any atom is 0.335 e. The number of aliphatic imine (C=N–C) groups is 1. The van der Waals surface area contributed by atoms with Crippen LogP contribution in [0.1, 0.15) is 52.5 Å². The molecule has 1 aromatic rings. The molecule has 0 radical (unpaired) electrons. The van der Waals surface area contributed by atoms with Crippen LogP contribution in [-0.4, -0.2) is 58.5 Å². The van der Waals surface area contributed by atoms with Gasteiger partial charge in [-0.1, -0.05) is 0 Å². The summed E-state index contributed by atoms with van der Waals surface area (Å²) in [5.41, 5.74) is -1.57. The smallest absolute Gasteiger partial charge is 0.335 e. The Morgan fingerprint density at radius 2 is 1.90 bits per heavy atom. The molecular weight excluding hydrogens is 378 g/mol. The van der Waals surface area contributed by atoms with E-state index in [2.05, 4.69) is 4.99 Å². The lowest BCUT2D eigenvalue weighted by Crippen LogP contribution is -2.45. The van der Waals surface area contributed by atoms with Crippen molar-refractivity contribution in [1.29, 1.82) is 0 Å². The van der Waals surface area contributed by atoms with Crippen molar-refractivity contribution >= 4 is 17.8 Å². The number of hydrogen-bond donors (Lipinski definition) is 2. The summed E-state index contributed by atoms with van der Waals surface area (Å²) >= 11 is 0. The Kier molecular flexibility index (Phi) is 7.24. The third-order valence-corrected chi connectivity index (χ3v) is 4.44. The van der Waals surface area contributed by atoms with Crippen molar-refractivity contribution in [1.82, 2.24) is 0 Å². The summed E-state index contributed by atoms with van der Waals surface area (Å²) < 4.78 is 16.5. The number of benzene rings is 1. The first kappa shape index (κ1) is 22.7. The van der Waals surface area contributed by atoms with Gasteiger partial charge in [0.2, 0.25) is 5.90 Å². The molecule has 2 rings (SSSR count). The molecular formula is C21H29NO7. The van der Waals surface area contributed by atoms with Crippen LogP contribution in [0, 0.1) is 0 Å². The van der Waals surface area contributed by atoms with Gasteiger partial charge in [-0.3, -0.25) is 4.79 Å². The van der Waals surface area contributed by atoms with Crippen LogP contribution < -0.4 is 4.74 Å². The summed E-state index contributed by atoms with van der Waals surface area (Å²) in [6, 6.07) is 6.91. The van der Waals surface area contributed by atoms with Crippen LogP contribution in [0.3, 0.4) is 0 Å². The Morgan fingerprint density at radius 3 is 2.45 bits per heavy atom. The van der Waals surface area contributed by atoms with Crippen molar-refractivity contribution in [3.8, 4) is 5.75 Å². The Labute approximate surface area is 170 Å². The van der Waals surface area contributed by atoms with Crippen molar-refractivity contribution in [3.05, 3.63) is 29.8 Å². The average Bonchev–Trinajstić information content (AvgIpc) is 2.97. The van der Waals surface area contributed by atoms with E-state index in [9.17, 15) is 14.7 Å². The van der Waals surface area contributed by atoms with E-state index in [0.29, 0.717) is 24.3 Å². The first-order chi connectivity index (χ1) is 13.6. The first-order valence-electron chi connectivity index (χ1n) is 9.63. The number of ether oxygens (including phenoxy) is 3. The second-order valence-corrected chi connectivity index (χ2v) is 7.94. The quantitative estimate of drug-likeness (QED) is 0.477. The number of aliphatic hydroxyl groups is 1. The van der Waals surface area contributed by atoms with E-state index >= 15 is 0 Å². The van der Waals surface area contributed by atoms with Gasteiger partial charge in [-0.25, -0.2) is 9.79 Å². The van der Waals surface area contributed by atoms with Gasteiger partial charge in [0.15, 0.2) is 5.54 Å². The van der Waals surface area contributed by atoms with Crippen molar-refractivity contribution in [2.45, 2.75) is 64.2 Å². The first-order valence-corrected chi connectivity index (χ1v) is 9.63. The molecule has 0 fully saturated rings. The van der Waals surface area contributed by atoms with Gasteiger partial charge in [-0.05, 0) is 58.4 Å². The molecule has 0 saturated carbocycles. The van der Waals surface area contributed by atoms with Gasteiger partial charge in [0, 0.05) is 25.0 Å². The van der Waals surface area contributed by atoms with Crippen molar-refractivity contribution in [2.75, 3.05) is 13.2 Å². The number of carbonyl (C=O) groups is 2. The summed E-state index contributed by atoms with van der Waals surface area (Å²) in [7, 11) is 0. The molecule has 0 unspecified atom stereocenters. The molecule has 8 nitrogen and oxygen atoms in total. The van der Waals surface area contributed by atoms with Crippen LogP contribution in [0.25, 0.3) is 0 Å². The van der Waals surface area contributed by atoms with Crippen LogP contribution in [0.15, 0.2) is 29.3 Å². The molecule has 1 aromatic carbocycles. The highest BCUT2D eigenvalue weighted by molar-refractivity contribution is 5.99. The number of esters is 1. The standard InChI is InChI=1S/C21H29NO7/c1-14-21(19(25)26,11-10-17(24)29-20(2,3)4)22-18(28-14)15-6-8-16(9-7-15)27-13-5-12-23/h6-9,14,23H,5,10-13H2,1-4H3,(H,25,26)/t14-,21-/m1/s1. The van der Waals surface area contributed by atoms with E-state index < -0.39 is 29.2 Å². The molecule has 8 heteroatoms. The number of carboxylic acids is 1. The van der Waals surface area contributed by atoms with Crippen LogP contribution in [0.2, 0.25) is 0 Å². The minimum Gasteiger partial charge on any atom is -0.494 e. The monoisotopic (exact) mass is 407 g/mol. The van der Waals surface area contributed by atoms with Gasteiger partial charge in [0.1, 0.15) is 17.5 Å². The molecule has 1 aliphatic heterocycles. The highest BCUT2D eigenvalue weighted by atomic mass is 16.6. The number of aliphatic hydroxyl groups excluding tert-OH is 1. The lowest BCUT2D eigenvalue weighted by molar-refractivity contribution is -0.156. The molecule has 0 spiro atoms. The topological polar surface area (TPSA) is 115 Å². The van der Waals surface area contributed by atoms with Crippen LogP contribution in [-0.2, 0) is 19.1 Å². The van der Waals surface area contributed by atoms with Crippen molar-refractivity contribution in [2.24, 2.45) is 4.99 Å². The lowest BCUT2D eigenvalue weighted by Gasteiger charge is -2.25. The normalized spacial score (nSPS) is 21.3. The molecule has 0 aliphatic carbocycles. The maximum absolute atomic E-state index is 12.0. The summed E-state index contributed by atoms with van der Waals surface area (Å²) in [6.07, 6.45) is -0.304. The Hall–Kier alpha value is -2.61. The number of rotatable bonds is 9. The molecule has 1 heterocycles. The zero-order chi connectivity index (χ0) is 21.7. The number of aliphatic carboxylic acids is 1. The molecule has 0 saturated heterocycles. The minimum absolute atomic E-state index is 0.0235. The molecule has 0 aromatic heterocycles. The van der Waals surface area contributed by atoms with Crippen molar-refractivity contribution in [3.63, 3.8) is 0 Å². The van der Waals surface area contributed by atoms with Gasteiger partial charge in [0.25, 0.3) is 0 Å². The molecule has 29 heavy (non-hydrogen) atoms. The summed E-state index contributed by atoms with van der Waals surface area (Å²) in [5.74, 6) is -0.778. The van der Waals surface area contributed by atoms with E-state index in [-0.39, 0.29) is 25.3 Å². The van der Waals surface area contributed by atoms with Crippen LogP contribution in [0.5, 0.6) is 5.75 Å². The predicted octanol–water partition coefficient (Wildman–Crippen LogP) is 2.56. The molecule has 1 aliphatic rings. The fraction of sp³-hybridized carbons (Fsp3) is 0.571. The second kappa shape index (κ2) is 9.26. The van der Waals surface area contributed by atoms with E-state index in [1.807, 2.05) is 0 Å². The fourth-order valence-corrected chi connectivity index (χ4v) is 2.92. The van der Waals surface area contributed by atoms with E-state index in [1.54, 1.807) is 52.0 Å². The molecule has 0 amide bonds. The Balaban J connectivity index is 2.14. The molecule has 0 bridgehead atoms. The van der Waals surface area contributed by atoms with Crippen LogP contribution in [0.4, 0.5) is 0 Å². The maximum atomic E-state index is 12.0. The average molecular weight is 407 g/mol. The SMILES string of the molecule is C[C@H]1OC(c2ccc(OCCCO)cc2)=N[C@@]1(CCC(=O)OC(C)(C)C)C(=O)O. The lowest BCUT2D eigenvalue weighted by atomic mass is 9.89. The van der Waals surface area contributed by atoms with E-state index in [0.717, 1.165) is 0 Å². The van der Waals surface area contributed by atoms with Gasteiger partial charge in [-0.2, -0.15) is 0 Å². The van der Waals surface area contributed by atoms with Gasteiger partial charge >= 0.3 is 11.9 Å². The third-order valence-electron chi connectivity index (χ3n) is 4.44. The van der Waals surface area contributed by atoms with Gasteiger partial charge in [-0.15, -0.1) is 0 Å². The zero-order valence-corrected chi connectivity index (χ0v) is 17.3. The minimum atomic E-state index is -1.55.